The number of alkyl halides is 3. The van der Waals surface area contributed by atoms with Crippen LogP contribution in [0.4, 0.5) is 13.2 Å². The highest BCUT2D eigenvalue weighted by Gasteiger charge is 2.30. The molecule has 3 aromatic rings. The van der Waals surface area contributed by atoms with Gasteiger partial charge in [-0.3, -0.25) is 9.36 Å². The van der Waals surface area contributed by atoms with Gasteiger partial charge < -0.3 is 4.74 Å². The van der Waals surface area contributed by atoms with E-state index in [0.717, 1.165) is 27.4 Å². The highest BCUT2D eigenvalue weighted by molar-refractivity contribution is 7.18. The quantitative estimate of drug-likeness (QED) is 0.554. The van der Waals surface area contributed by atoms with Crippen molar-refractivity contribution in [3.05, 3.63) is 57.0 Å². The first-order chi connectivity index (χ1) is 12.8. The van der Waals surface area contributed by atoms with Crippen molar-refractivity contribution in [2.24, 2.45) is 0 Å². The van der Waals surface area contributed by atoms with Crippen molar-refractivity contribution in [1.82, 2.24) is 9.55 Å². The van der Waals surface area contributed by atoms with E-state index >= 15 is 0 Å². The van der Waals surface area contributed by atoms with Crippen LogP contribution in [-0.4, -0.2) is 16.2 Å². The van der Waals surface area contributed by atoms with Crippen LogP contribution in [0.3, 0.4) is 0 Å². The number of ether oxygens (including phenoxy) is 1. The molecule has 0 saturated heterocycles. The minimum atomic E-state index is -4.38. The van der Waals surface area contributed by atoms with Crippen LogP contribution in [0.1, 0.15) is 28.8 Å². The fourth-order valence-electron chi connectivity index (χ4n) is 2.77. The van der Waals surface area contributed by atoms with Crippen molar-refractivity contribution in [2.45, 2.75) is 39.4 Å². The molecular formula is C19H19F3N2O2S. The first kappa shape index (κ1) is 19.4. The topological polar surface area (TPSA) is 44.1 Å². The second kappa shape index (κ2) is 7.72. The monoisotopic (exact) mass is 396 g/mol. The third kappa shape index (κ3) is 4.32. The summed E-state index contributed by atoms with van der Waals surface area (Å²) in [6, 6.07) is 4.82. The number of benzene rings is 1. The Morgan fingerprint density at radius 2 is 2.00 bits per heavy atom. The maximum Gasteiger partial charge on any atom is 0.416 e. The van der Waals surface area contributed by atoms with Gasteiger partial charge in [-0.1, -0.05) is 6.07 Å². The smallest absolute Gasteiger partial charge is 0.416 e. The SMILES string of the molecule is Cc1sc2ncn(CCCCOc3cccc(C(F)(F)F)c3)c(=O)c2c1C. The van der Waals surface area contributed by atoms with Crippen LogP contribution in [0.15, 0.2) is 35.4 Å². The molecule has 0 aliphatic rings. The molecule has 0 bridgehead atoms. The van der Waals surface area contributed by atoms with Crippen LogP contribution >= 0.6 is 11.3 Å². The normalized spacial score (nSPS) is 11.9. The number of fused-ring (bicyclic) bond motifs is 1. The first-order valence-corrected chi connectivity index (χ1v) is 9.34. The van der Waals surface area contributed by atoms with Gasteiger partial charge in [-0.2, -0.15) is 13.2 Å². The van der Waals surface area contributed by atoms with Gasteiger partial charge in [0.05, 0.1) is 23.9 Å². The van der Waals surface area contributed by atoms with Crippen LogP contribution in [0.25, 0.3) is 10.2 Å². The number of nitrogens with zero attached hydrogens (tertiary/aromatic N) is 2. The molecule has 0 spiro atoms. The molecule has 0 atom stereocenters. The van der Waals surface area contributed by atoms with Crippen molar-refractivity contribution in [2.75, 3.05) is 6.61 Å². The average molecular weight is 396 g/mol. The van der Waals surface area contributed by atoms with E-state index in [2.05, 4.69) is 4.98 Å². The number of unbranched alkanes of at least 4 members (excludes halogenated alkanes) is 1. The van der Waals surface area contributed by atoms with E-state index in [1.54, 1.807) is 10.9 Å². The average Bonchev–Trinajstić information content (AvgIpc) is 2.91. The second-order valence-corrected chi connectivity index (χ2v) is 7.49. The summed E-state index contributed by atoms with van der Waals surface area (Å²) in [5, 5.41) is 0.667. The van der Waals surface area contributed by atoms with Gasteiger partial charge in [-0.25, -0.2) is 4.98 Å². The molecule has 3 rings (SSSR count). The fraction of sp³-hybridized carbons (Fsp3) is 0.368. The number of aryl methyl sites for hydroxylation is 3. The number of halogens is 3. The Kier molecular flexibility index (Phi) is 5.55. The molecule has 0 saturated carbocycles. The van der Waals surface area contributed by atoms with Crippen molar-refractivity contribution in [3.63, 3.8) is 0 Å². The molecule has 1 aromatic carbocycles. The van der Waals surface area contributed by atoms with Crippen LogP contribution in [-0.2, 0) is 12.7 Å². The van der Waals surface area contributed by atoms with Gasteiger partial charge >= 0.3 is 6.18 Å². The van der Waals surface area contributed by atoms with Gasteiger partial charge in [0.15, 0.2) is 0 Å². The van der Waals surface area contributed by atoms with E-state index in [0.29, 0.717) is 24.8 Å². The largest absolute Gasteiger partial charge is 0.494 e. The minimum absolute atomic E-state index is 0.0550. The van der Waals surface area contributed by atoms with E-state index in [1.807, 2.05) is 13.8 Å². The summed E-state index contributed by atoms with van der Waals surface area (Å²) in [5.41, 5.74) is 0.183. The predicted molar refractivity (Wildman–Crippen MR) is 99.5 cm³/mol. The zero-order valence-corrected chi connectivity index (χ0v) is 15.8. The number of hydrogen-bond acceptors (Lipinski definition) is 4. The Balaban J connectivity index is 1.55. The Morgan fingerprint density at radius 3 is 2.74 bits per heavy atom. The van der Waals surface area contributed by atoms with E-state index in [1.165, 1.54) is 23.5 Å². The van der Waals surface area contributed by atoms with Gasteiger partial charge in [0.1, 0.15) is 10.6 Å². The minimum Gasteiger partial charge on any atom is -0.494 e. The van der Waals surface area contributed by atoms with Gasteiger partial charge in [0.2, 0.25) is 0 Å². The third-order valence-electron chi connectivity index (χ3n) is 4.38. The predicted octanol–water partition coefficient (Wildman–Crippen LogP) is 4.95. The van der Waals surface area contributed by atoms with Gasteiger partial charge in [-0.15, -0.1) is 11.3 Å². The van der Waals surface area contributed by atoms with E-state index in [9.17, 15) is 18.0 Å². The van der Waals surface area contributed by atoms with E-state index in [4.69, 9.17) is 4.74 Å². The number of hydrogen-bond donors (Lipinski definition) is 0. The summed E-state index contributed by atoms with van der Waals surface area (Å²) in [4.78, 5) is 18.8. The van der Waals surface area contributed by atoms with Crippen LogP contribution in [0.5, 0.6) is 5.75 Å². The maximum atomic E-state index is 12.7. The lowest BCUT2D eigenvalue weighted by Gasteiger charge is -2.10. The Morgan fingerprint density at radius 1 is 1.22 bits per heavy atom. The first-order valence-electron chi connectivity index (χ1n) is 8.52. The molecule has 0 radical (unpaired) electrons. The van der Waals surface area contributed by atoms with E-state index in [-0.39, 0.29) is 17.9 Å². The van der Waals surface area contributed by atoms with Crippen molar-refractivity contribution in [1.29, 1.82) is 0 Å². The molecular weight excluding hydrogens is 377 g/mol. The lowest BCUT2D eigenvalue weighted by Crippen LogP contribution is -2.20. The molecule has 2 heterocycles. The summed E-state index contributed by atoms with van der Waals surface area (Å²) in [5.74, 6) is 0.189. The molecule has 2 aromatic heterocycles. The van der Waals surface area contributed by atoms with Crippen molar-refractivity contribution < 1.29 is 17.9 Å². The zero-order valence-electron chi connectivity index (χ0n) is 15.0. The Bertz CT molecular complexity index is 1010. The molecule has 0 N–H and O–H groups in total. The number of thiophene rings is 1. The summed E-state index contributed by atoms with van der Waals surface area (Å²) in [7, 11) is 0. The Labute approximate surface area is 158 Å². The summed E-state index contributed by atoms with van der Waals surface area (Å²) in [6.07, 6.45) is -1.56. The highest BCUT2D eigenvalue weighted by atomic mass is 32.1. The maximum absolute atomic E-state index is 12.7. The molecule has 0 unspecified atom stereocenters. The molecule has 8 heteroatoms. The van der Waals surface area contributed by atoms with Crippen LogP contribution < -0.4 is 10.3 Å². The summed E-state index contributed by atoms with van der Waals surface area (Å²) in [6.45, 7) is 4.66. The van der Waals surface area contributed by atoms with Crippen LogP contribution in [0.2, 0.25) is 0 Å². The molecule has 0 fully saturated rings. The third-order valence-corrected chi connectivity index (χ3v) is 5.49. The number of rotatable bonds is 6. The van der Waals surface area contributed by atoms with E-state index < -0.39 is 11.7 Å². The Hall–Kier alpha value is -2.35. The lowest BCUT2D eigenvalue weighted by molar-refractivity contribution is -0.137. The second-order valence-electron chi connectivity index (χ2n) is 6.29. The molecule has 0 aliphatic heterocycles. The molecule has 0 amide bonds. The zero-order chi connectivity index (χ0) is 19.6. The number of aromatic nitrogens is 2. The molecule has 0 aliphatic carbocycles. The van der Waals surface area contributed by atoms with Gasteiger partial charge in [0.25, 0.3) is 5.56 Å². The molecule has 27 heavy (non-hydrogen) atoms. The van der Waals surface area contributed by atoms with Crippen molar-refractivity contribution >= 4 is 21.6 Å². The van der Waals surface area contributed by atoms with Crippen LogP contribution in [0, 0.1) is 13.8 Å². The fourth-order valence-corrected chi connectivity index (χ4v) is 3.75. The summed E-state index contributed by atoms with van der Waals surface area (Å²) < 4.78 is 45.0. The standard InChI is InChI=1S/C19H19F3N2O2S/c1-12-13(2)27-17-16(12)18(25)24(11-23-17)8-3-4-9-26-15-7-5-6-14(10-15)19(20,21)22/h5-7,10-11H,3-4,8-9H2,1-2H3. The lowest BCUT2D eigenvalue weighted by atomic mass is 10.2. The van der Waals surface area contributed by atoms with Crippen molar-refractivity contribution in [3.8, 4) is 5.75 Å². The molecule has 144 valence electrons. The van der Waals surface area contributed by atoms with Gasteiger partial charge in [0, 0.05) is 11.4 Å². The van der Waals surface area contributed by atoms with Gasteiger partial charge in [-0.05, 0) is 50.5 Å². The summed E-state index contributed by atoms with van der Waals surface area (Å²) >= 11 is 1.51. The molecule has 4 nitrogen and oxygen atoms in total. The highest BCUT2D eigenvalue weighted by Crippen LogP contribution is 2.31.